The zero-order valence-electron chi connectivity index (χ0n) is 11.2. The molecule has 6 heteroatoms. The van der Waals surface area contributed by atoms with E-state index in [9.17, 15) is 9.59 Å². The number of hydrogen-bond acceptors (Lipinski definition) is 3. The molecule has 0 bridgehead atoms. The van der Waals surface area contributed by atoms with E-state index in [0.29, 0.717) is 12.5 Å². The van der Waals surface area contributed by atoms with E-state index in [2.05, 4.69) is 5.32 Å². The molecule has 0 aromatic rings. The number of rotatable bonds is 7. The highest BCUT2D eigenvalue weighted by atomic mass is 16.5. The maximum absolute atomic E-state index is 12.0. The van der Waals surface area contributed by atoms with Gasteiger partial charge in [0.1, 0.15) is 0 Å². The van der Waals surface area contributed by atoms with Gasteiger partial charge < -0.3 is 20.1 Å². The first-order chi connectivity index (χ1) is 8.45. The molecule has 2 N–H and O–H groups in total. The Morgan fingerprint density at radius 1 is 1.44 bits per heavy atom. The van der Waals surface area contributed by atoms with E-state index in [1.807, 2.05) is 13.8 Å². The third kappa shape index (κ3) is 4.52. The van der Waals surface area contributed by atoms with Gasteiger partial charge in [0, 0.05) is 19.7 Å². The first kappa shape index (κ1) is 14.8. The van der Waals surface area contributed by atoms with Crippen molar-refractivity contribution in [2.24, 2.45) is 5.92 Å². The Hall–Kier alpha value is -1.30. The monoisotopic (exact) mass is 258 g/mol. The van der Waals surface area contributed by atoms with Crippen LogP contribution < -0.4 is 5.32 Å². The van der Waals surface area contributed by atoms with E-state index in [1.54, 1.807) is 4.90 Å². The fourth-order valence-electron chi connectivity index (χ4n) is 1.68. The number of urea groups is 1. The lowest BCUT2D eigenvalue weighted by Gasteiger charge is -2.28. The van der Waals surface area contributed by atoms with Crippen molar-refractivity contribution in [3.8, 4) is 0 Å². The molecule has 0 aliphatic heterocycles. The van der Waals surface area contributed by atoms with Gasteiger partial charge in [-0.1, -0.05) is 0 Å². The molecule has 0 radical (unpaired) electrons. The minimum absolute atomic E-state index is 0.0313. The van der Waals surface area contributed by atoms with E-state index >= 15 is 0 Å². The Kier molecular flexibility index (Phi) is 5.40. The summed E-state index contributed by atoms with van der Waals surface area (Å²) in [4.78, 5) is 24.7. The van der Waals surface area contributed by atoms with Gasteiger partial charge in [-0.05, 0) is 32.6 Å². The van der Waals surface area contributed by atoms with Crippen molar-refractivity contribution in [3.63, 3.8) is 0 Å². The summed E-state index contributed by atoms with van der Waals surface area (Å²) in [6.45, 7) is 4.52. The lowest BCUT2D eigenvalue weighted by molar-refractivity contribution is -0.140. The van der Waals surface area contributed by atoms with Crippen molar-refractivity contribution in [3.05, 3.63) is 0 Å². The molecule has 104 valence electrons. The van der Waals surface area contributed by atoms with E-state index in [0.717, 1.165) is 12.8 Å². The van der Waals surface area contributed by atoms with Gasteiger partial charge in [0.05, 0.1) is 6.61 Å². The highest BCUT2D eigenvalue weighted by Crippen LogP contribution is 2.30. The molecule has 2 amide bonds. The molecule has 1 fully saturated rings. The fourth-order valence-corrected chi connectivity index (χ4v) is 1.68. The Bertz CT molecular complexity index is 302. The van der Waals surface area contributed by atoms with Crippen LogP contribution in [0.15, 0.2) is 0 Å². The van der Waals surface area contributed by atoms with Crippen molar-refractivity contribution < 1.29 is 19.4 Å². The minimum Gasteiger partial charge on any atom is -0.480 e. The summed E-state index contributed by atoms with van der Waals surface area (Å²) in [5, 5.41) is 11.4. The number of aliphatic carboxylic acids is 1. The molecule has 6 nitrogen and oxygen atoms in total. The van der Waals surface area contributed by atoms with E-state index < -0.39 is 12.0 Å². The molecule has 18 heavy (non-hydrogen) atoms. The number of methoxy groups -OCH3 is 1. The van der Waals surface area contributed by atoms with Crippen LogP contribution in [-0.4, -0.2) is 54.4 Å². The average Bonchev–Trinajstić information content (AvgIpc) is 3.08. The summed E-state index contributed by atoms with van der Waals surface area (Å²) < 4.78 is 4.79. The van der Waals surface area contributed by atoms with Crippen molar-refractivity contribution in [2.75, 3.05) is 20.3 Å². The van der Waals surface area contributed by atoms with Crippen LogP contribution >= 0.6 is 0 Å². The number of hydrogen-bond donors (Lipinski definition) is 2. The molecule has 0 aromatic heterocycles. The number of carboxylic acid groups (broad SMARTS) is 1. The molecule has 1 aliphatic rings. The predicted octanol–water partition coefficient (Wildman–Crippen LogP) is 0.916. The number of amides is 2. The topological polar surface area (TPSA) is 78.9 Å². The van der Waals surface area contributed by atoms with Crippen LogP contribution in [0.4, 0.5) is 4.79 Å². The lowest BCUT2D eigenvalue weighted by Crippen LogP contribution is -2.52. The van der Waals surface area contributed by atoms with Gasteiger partial charge in [0.2, 0.25) is 0 Å². The van der Waals surface area contributed by atoms with Crippen LogP contribution in [0.1, 0.15) is 26.7 Å². The highest BCUT2D eigenvalue weighted by Gasteiger charge is 2.30. The molecule has 1 atom stereocenters. The molecular formula is C12H22N2O4. The first-order valence-electron chi connectivity index (χ1n) is 6.24. The SMILES string of the molecule is COCC(NC(=O)N(CC1CC1)C(C)C)C(=O)O. The molecule has 1 unspecified atom stereocenters. The van der Waals surface area contributed by atoms with Crippen molar-refractivity contribution in [1.82, 2.24) is 10.2 Å². The predicted molar refractivity (Wildman–Crippen MR) is 66.4 cm³/mol. The molecule has 0 spiro atoms. The van der Waals surface area contributed by atoms with E-state index in [-0.39, 0.29) is 18.7 Å². The number of carbonyl (C=O) groups excluding carboxylic acids is 1. The maximum atomic E-state index is 12.0. The van der Waals surface area contributed by atoms with Gasteiger partial charge in [-0.2, -0.15) is 0 Å². The van der Waals surface area contributed by atoms with Crippen LogP contribution in [0.5, 0.6) is 0 Å². The van der Waals surface area contributed by atoms with Gasteiger partial charge in [-0.3, -0.25) is 0 Å². The Balaban J connectivity index is 2.55. The van der Waals surface area contributed by atoms with Crippen molar-refractivity contribution in [2.45, 2.75) is 38.8 Å². The zero-order valence-corrected chi connectivity index (χ0v) is 11.2. The maximum Gasteiger partial charge on any atom is 0.328 e. The summed E-state index contributed by atoms with van der Waals surface area (Å²) in [5.74, 6) is -0.510. The van der Waals surface area contributed by atoms with Crippen LogP contribution in [0, 0.1) is 5.92 Å². The smallest absolute Gasteiger partial charge is 0.328 e. The van der Waals surface area contributed by atoms with Crippen molar-refractivity contribution in [1.29, 1.82) is 0 Å². The third-order valence-corrected chi connectivity index (χ3v) is 2.97. The molecule has 1 rings (SSSR count). The second-order valence-corrected chi connectivity index (χ2v) is 4.99. The Labute approximate surface area is 107 Å². The van der Waals surface area contributed by atoms with E-state index in [1.165, 1.54) is 7.11 Å². The molecule has 0 aromatic carbocycles. The normalized spacial score (nSPS) is 16.4. The Morgan fingerprint density at radius 3 is 2.44 bits per heavy atom. The van der Waals surface area contributed by atoms with E-state index in [4.69, 9.17) is 9.84 Å². The molecule has 0 saturated heterocycles. The summed E-state index contributed by atoms with van der Waals surface area (Å²) >= 11 is 0. The number of carboxylic acids is 1. The summed E-state index contributed by atoms with van der Waals surface area (Å²) in [7, 11) is 1.41. The van der Waals surface area contributed by atoms with Gasteiger partial charge in [0.15, 0.2) is 6.04 Å². The van der Waals surface area contributed by atoms with Crippen LogP contribution in [-0.2, 0) is 9.53 Å². The minimum atomic E-state index is -1.08. The summed E-state index contributed by atoms with van der Waals surface area (Å²) in [6.07, 6.45) is 2.30. The average molecular weight is 258 g/mol. The number of ether oxygens (including phenoxy) is 1. The second-order valence-electron chi connectivity index (χ2n) is 4.99. The number of nitrogens with one attached hydrogen (secondary N) is 1. The molecule has 1 aliphatic carbocycles. The third-order valence-electron chi connectivity index (χ3n) is 2.97. The summed E-state index contributed by atoms with van der Waals surface area (Å²) in [6, 6.07) is -1.27. The first-order valence-corrected chi connectivity index (χ1v) is 6.24. The fraction of sp³-hybridized carbons (Fsp3) is 0.833. The number of carbonyl (C=O) groups is 2. The summed E-state index contributed by atoms with van der Waals surface area (Å²) in [5.41, 5.74) is 0. The van der Waals surface area contributed by atoms with Crippen LogP contribution in [0.2, 0.25) is 0 Å². The molecule has 0 heterocycles. The zero-order chi connectivity index (χ0) is 13.7. The second kappa shape index (κ2) is 6.58. The van der Waals surface area contributed by atoms with Crippen molar-refractivity contribution >= 4 is 12.0 Å². The Morgan fingerprint density at radius 2 is 2.06 bits per heavy atom. The lowest BCUT2D eigenvalue weighted by atomic mass is 10.2. The van der Waals surface area contributed by atoms with Crippen LogP contribution in [0.25, 0.3) is 0 Å². The van der Waals surface area contributed by atoms with Gasteiger partial charge in [0.25, 0.3) is 0 Å². The molecule has 1 saturated carbocycles. The van der Waals surface area contributed by atoms with Gasteiger partial charge in [-0.25, -0.2) is 9.59 Å². The van der Waals surface area contributed by atoms with Gasteiger partial charge >= 0.3 is 12.0 Å². The highest BCUT2D eigenvalue weighted by molar-refractivity contribution is 5.82. The van der Waals surface area contributed by atoms with Crippen LogP contribution in [0.3, 0.4) is 0 Å². The van der Waals surface area contributed by atoms with Gasteiger partial charge in [-0.15, -0.1) is 0 Å². The molecular weight excluding hydrogens is 236 g/mol. The standard InChI is InChI=1S/C12H22N2O4/c1-8(2)14(6-9-4-5-9)12(17)13-10(7-18-3)11(15)16/h8-10H,4-7H2,1-3H3,(H,13,17)(H,15,16). The quantitative estimate of drug-likeness (QED) is 0.711. The largest absolute Gasteiger partial charge is 0.480 e. The number of nitrogens with zero attached hydrogens (tertiary/aromatic N) is 1.